The Balaban J connectivity index is 2.18. The number of nitro groups is 1. The summed E-state index contributed by atoms with van der Waals surface area (Å²) in [7, 11) is 1.33. The second-order valence-electron chi connectivity index (χ2n) is 8.67. The number of aromatic nitrogens is 2. The molecule has 15 heteroatoms. The first-order valence-corrected chi connectivity index (χ1v) is 11.0. The summed E-state index contributed by atoms with van der Waals surface area (Å²) in [5.41, 5.74) is -2.76. The lowest BCUT2D eigenvalue weighted by atomic mass is 10.2. The standard InChI is InChI=1S/C22H28N6O9/c1-22(2,3)37-21(33)23-8-10-26(19(31)13-27-9-7-17(29)25-20(27)32)12-18(30)24-15-6-5-14(36-4)11-16(15)28(34)35/h5-7,9,11H,8,10,12-13H2,1-4H3,(H,23,33)(H,24,30)(H,25,29,32). The highest BCUT2D eigenvalue weighted by atomic mass is 16.6. The van der Waals surface area contributed by atoms with Gasteiger partial charge in [-0.3, -0.25) is 34.0 Å². The Morgan fingerprint density at radius 2 is 1.89 bits per heavy atom. The van der Waals surface area contributed by atoms with Gasteiger partial charge in [-0.05, 0) is 32.9 Å². The first-order chi connectivity index (χ1) is 17.3. The molecule has 1 aromatic heterocycles. The fourth-order valence-electron chi connectivity index (χ4n) is 2.97. The summed E-state index contributed by atoms with van der Waals surface area (Å²) >= 11 is 0. The zero-order chi connectivity index (χ0) is 27.8. The molecule has 0 bridgehead atoms. The second kappa shape index (κ2) is 12.3. The van der Waals surface area contributed by atoms with Crippen molar-refractivity contribution in [1.29, 1.82) is 0 Å². The van der Waals surface area contributed by atoms with Crippen molar-refractivity contribution in [1.82, 2.24) is 19.8 Å². The van der Waals surface area contributed by atoms with Crippen molar-refractivity contribution in [3.63, 3.8) is 0 Å². The summed E-state index contributed by atoms with van der Waals surface area (Å²) in [6.45, 7) is 3.69. The van der Waals surface area contributed by atoms with Crippen molar-refractivity contribution in [2.75, 3.05) is 32.1 Å². The third kappa shape index (κ3) is 9.12. The van der Waals surface area contributed by atoms with E-state index >= 15 is 0 Å². The number of hydrogen-bond acceptors (Lipinski definition) is 9. The monoisotopic (exact) mass is 520 g/mol. The van der Waals surface area contributed by atoms with Crippen LogP contribution in [0.25, 0.3) is 0 Å². The van der Waals surface area contributed by atoms with Crippen LogP contribution in [0.5, 0.6) is 5.75 Å². The molecule has 1 aromatic carbocycles. The first kappa shape index (κ1) is 28.5. The molecule has 37 heavy (non-hydrogen) atoms. The lowest BCUT2D eigenvalue weighted by Gasteiger charge is -2.24. The lowest BCUT2D eigenvalue weighted by molar-refractivity contribution is -0.384. The van der Waals surface area contributed by atoms with Crippen molar-refractivity contribution < 1.29 is 28.8 Å². The number of carbonyl (C=O) groups is 3. The molecule has 0 saturated carbocycles. The summed E-state index contributed by atoms with van der Waals surface area (Å²) in [6.07, 6.45) is 0.381. The van der Waals surface area contributed by atoms with E-state index in [0.29, 0.717) is 0 Å². The largest absolute Gasteiger partial charge is 0.496 e. The lowest BCUT2D eigenvalue weighted by Crippen LogP contribution is -2.45. The van der Waals surface area contributed by atoms with Crippen molar-refractivity contribution in [2.24, 2.45) is 0 Å². The Morgan fingerprint density at radius 1 is 1.19 bits per heavy atom. The number of amides is 3. The van der Waals surface area contributed by atoms with Gasteiger partial charge in [0.05, 0.1) is 24.6 Å². The van der Waals surface area contributed by atoms with Gasteiger partial charge in [0, 0.05) is 25.4 Å². The number of carbonyl (C=O) groups excluding carboxylic acids is 3. The van der Waals surface area contributed by atoms with Crippen LogP contribution in [0.1, 0.15) is 20.8 Å². The minimum absolute atomic E-state index is 0.100. The summed E-state index contributed by atoms with van der Waals surface area (Å²) < 4.78 is 11.0. The van der Waals surface area contributed by atoms with E-state index in [1.165, 1.54) is 19.2 Å². The Labute approximate surface area is 210 Å². The number of ether oxygens (including phenoxy) is 2. The maximum absolute atomic E-state index is 12.9. The van der Waals surface area contributed by atoms with Crippen LogP contribution in [-0.2, 0) is 20.9 Å². The predicted molar refractivity (Wildman–Crippen MR) is 130 cm³/mol. The van der Waals surface area contributed by atoms with E-state index in [9.17, 15) is 34.1 Å². The zero-order valence-corrected chi connectivity index (χ0v) is 20.7. The molecule has 15 nitrogen and oxygen atoms in total. The van der Waals surface area contributed by atoms with Crippen LogP contribution in [0.15, 0.2) is 40.1 Å². The van der Waals surface area contributed by atoms with E-state index < -0.39 is 58.5 Å². The van der Waals surface area contributed by atoms with Gasteiger partial charge in [0.25, 0.3) is 11.2 Å². The topological polar surface area (TPSA) is 195 Å². The summed E-state index contributed by atoms with van der Waals surface area (Å²) in [4.78, 5) is 74.6. The van der Waals surface area contributed by atoms with Crippen molar-refractivity contribution in [3.05, 3.63) is 61.4 Å². The number of hydrogen-bond donors (Lipinski definition) is 3. The fourth-order valence-corrected chi connectivity index (χ4v) is 2.97. The number of nitrogens with one attached hydrogen (secondary N) is 3. The van der Waals surface area contributed by atoms with Gasteiger partial charge in [-0.25, -0.2) is 9.59 Å². The van der Waals surface area contributed by atoms with Crippen LogP contribution in [0.3, 0.4) is 0 Å². The van der Waals surface area contributed by atoms with Gasteiger partial charge in [0.1, 0.15) is 23.6 Å². The van der Waals surface area contributed by atoms with Gasteiger partial charge in [0.2, 0.25) is 11.8 Å². The van der Waals surface area contributed by atoms with Gasteiger partial charge in [0.15, 0.2) is 0 Å². The Kier molecular flexibility index (Phi) is 9.51. The van der Waals surface area contributed by atoms with E-state index in [1.54, 1.807) is 20.8 Å². The zero-order valence-electron chi connectivity index (χ0n) is 20.7. The maximum atomic E-state index is 12.9. The summed E-state index contributed by atoms with van der Waals surface area (Å²) in [5, 5.41) is 16.2. The van der Waals surface area contributed by atoms with Gasteiger partial charge in [-0.2, -0.15) is 0 Å². The van der Waals surface area contributed by atoms with Crippen LogP contribution in [0, 0.1) is 10.1 Å². The molecule has 0 unspecified atom stereocenters. The number of H-pyrrole nitrogens is 1. The van der Waals surface area contributed by atoms with Gasteiger partial charge < -0.3 is 25.0 Å². The smallest absolute Gasteiger partial charge is 0.407 e. The number of anilines is 1. The SMILES string of the molecule is COc1ccc(NC(=O)CN(CCNC(=O)OC(C)(C)C)C(=O)Cn2ccc(=O)[nH]c2=O)c([N+](=O)[O-])c1. The predicted octanol–water partition coefficient (Wildman–Crippen LogP) is 0.445. The molecule has 0 spiro atoms. The van der Waals surface area contributed by atoms with Crippen LogP contribution in [-0.4, -0.2) is 69.6 Å². The average molecular weight is 520 g/mol. The van der Waals surface area contributed by atoms with E-state index in [0.717, 1.165) is 27.8 Å². The minimum Gasteiger partial charge on any atom is -0.496 e. The first-order valence-electron chi connectivity index (χ1n) is 11.0. The second-order valence-corrected chi connectivity index (χ2v) is 8.67. The van der Waals surface area contributed by atoms with Crippen LogP contribution >= 0.6 is 0 Å². The van der Waals surface area contributed by atoms with Crippen LogP contribution in [0.2, 0.25) is 0 Å². The molecule has 0 saturated heterocycles. The van der Waals surface area contributed by atoms with E-state index in [2.05, 4.69) is 10.6 Å². The van der Waals surface area contributed by atoms with Crippen LogP contribution in [0.4, 0.5) is 16.2 Å². The Bertz CT molecular complexity index is 1280. The van der Waals surface area contributed by atoms with E-state index in [1.807, 2.05) is 4.98 Å². The number of aromatic amines is 1. The van der Waals surface area contributed by atoms with Gasteiger partial charge >= 0.3 is 11.8 Å². The third-order valence-electron chi connectivity index (χ3n) is 4.62. The Hall–Kier alpha value is -4.69. The fraction of sp³-hybridized carbons (Fsp3) is 0.409. The van der Waals surface area contributed by atoms with Gasteiger partial charge in [-0.1, -0.05) is 0 Å². The van der Waals surface area contributed by atoms with Crippen molar-refractivity contribution in [2.45, 2.75) is 32.9 Å². The molecule has 1 heterocycles. The molecule has 0 aliphatic rings. The molecule has 0 radical (unpaired) electrons. The van der Waals surface area contributed by atoms with E-state index in [4.69, 9.17) is 9.47 Å². The van der Waals surface area contributed by atoms with Crippen LogP contribution < -0.4 is 26.6 Å². The molecule has 200 valence electrons. The highest BCUT2D eigenvalue weighted by Crippen LogP contribution is 2.28. The molecule has 0 fully saturated rings. The van der Waals surface area contributed by atoms with Gasteiger partial charge in [-0.15, -0.1) is 0 Å². The highest BCUT2D eigenvalue weighted by Gasteiger charge is 2.22. The molecule has 0 aliphatic heterocycles. The highest BCUT2D eigenvalue weighted by molar-refractivity contribution is 5.96. The maximum Gasteiger partial charge on any atom is 0.407 e. The number of alkyl carbamates (subject to hydrolysis) is 1. The molecule has 2 aromatic rings. The molecule has 2 rings (SSSR count). The molecule has 3 amide bonds. The number of rotatable bonds is 10. The Morgan fingerprint density at radius 3 is 2.49 bits per heavy atom. The quantitative estimate of drug-likeness (QED) is 0.294. The molecular weight excluding hydrogens is 492 g/mol. The number of benzene rings is 1. The summed E-state index contributed by atoms with van der Waals surface area (Å²) in [5.74, 6) is -1.26. The minimum atomic E-state index is -0.828. The van der Waals surface area contributed by atoms with E-state index in [-0.39, 0.29) is 24.5 Å². The molecule has 0 atom stereocenters. The molecular formula is C22H28N6O9. The normalized spacial score (nSPS) is 10.8. The third-order valence-corrected chi connectivity index (χ3v) is 4.62. The molecule has 0 aliphatic carbocycles. The van der Waals surface area contributed by atoms with Crippen molar-refractivity contribution in [3.8, 4) is 5.75 Å². The summed E-state index contributed by atoms with van der Waals surface area (Å²) in [6, 6.07) is 4.88. The number of nitro benzene ring substituents is 1. The number of methoxy groups -OCH3 is 1. The van der Waals surface area contributed by atoms with Crippen molar-refractivity contribution >= 4 is 29.3 Å². The number of nitrogens with zero attached hydrogens (tertiary/aromatic N) is 3. The molecule has 3 N–H and O–H groups in total. The average Bonchev–Trinajstić information content (AvgIpc) is 2.79.